The summed E-state index contributed by atoms with van der Waals surface area (Å²) in [6.45, 7) is 0.616. The minimum absolute atomic E-state index is 0.179. The largest absolute Gasteiger partial charge is 0.481 e. The molecule has 0 aromatic carbocycles. The van der Waals surface area contributed by atoms with Gasteiger partial charge in [0.05, 0.1) is 12.7 Å². The zero-order valence-electron chi connectivity index (χ0n) is 11.8. The van der Waals surface area contributed by atoms with E-state index in [1.807, 2.05) is 0 Å². The molecule has 0 spiro atoms. The van der Waals surface area contributed by atoms with Gasteiger partial charge in [0.25, 0.3) is 0 Å². The molecule has 2 aromatic rings. The van der Waals surface area contributed by atoms with E-state index in [4.69, 9.17) is 0 Å². The topological polar surface area (TPSA) is 104 Å². The number of carbonyl (C=O) groups is 1. The third-order valence-corrected chi connectivity index (χ3v) is 4.29. The molecule has 0 bridgehead atoms. The predicted molar refractivity (Wildman–Crippen MR) is 77.9 cm³/mol. The molecule has 3 rings (SSSR count). The lowest BCUT2D eigenvalue weighted by molar-refractivity contribution is -0.140. The van der Waals surface area contributed by atoms with Crippen molar-refractivity contribution in [3.05, 3.63) is 12.7 Å². The van der Waals surface area contributed by atoms with E-state index in [0.29, 0.717) is 18.0 Å². The second-order valence-electron chi connectivity index (χ2n) is 5.81. The van der Waals surface area contributed by atoms with Gasteiger partial charge in [0, 0.05) is 6.54 Å². The lowest BCUT2D eigenvalue weighted by atomic mass is 9.71. The van der Waals surface area contributed by atoms with Gasteiger partial charge in [-0.25, -0.2) is 15.0 Å². The third kappa shape index (κ3) is 2.96. The zero-order chi connectivity index (χ0) is 14.7. The predicted octanol–water partition coefficient (Wildman–Crippen LogP) is 2.19. The average Bonchev–Trinajstić information content (AvgIpc) is 2.94. The molecule has 0 atom stereocenters. The molecule has 0 unspecified atom stereocenters. The van der Waals surface area contributed by atoms with Gasteiger partial charge in [0.15, 0.2) is 11.5 Å². The summed E-state index contributed by atoms with van der Waals surface area (Å²) in [4.78, 5) is 26.6. The molecule has 0 aliphatic heterocycles. The molecule has 112 valence electrons. The number of nitrogens with one attached hydrogen (secondary N) is 2. The van der Waals surface area contributed by atoms with Crippen molar-refractivity contribution in [3.63, 3.8) is 0 Å². The molecule has 3 N–H and O–H groups in total. The number of anilines is 1. The summed E-state index contributed by atoms with van der Waals surface area (Å²) in [5, 5.41) is 12.5. The highest BCUT2D eigenvalue weighted by Gasteiger charge is 2.34. The molecule has 2 heterocycles. The average molecular weight is 289 g/mol. The van der Waals surface area contributed by atoms with Gasteiger partial charge in [0.2, 0.25) is 0 Å². The van der Waals surface area contributed by atoms with Gasteiger partial charge in [-0.15, -0.1) is 0 Å². The smallest absolute Gasteiger partial charge is 0.303 e. The molecule has 7 nitrogen and oxygen atoms in total. The SMILES string of the molecule is O=C(O)CC1(CNc2ncnc3nc[nH]c23)CCCCC1. The Labute approximate surface area is 122 Å². The molecule has 1 aliphatic carbocycles. The van der Waals surface area contributed by atoms with Crippen LogP contribution in [0.3, 0.4) is 0 Å². The fraction of sp³-hybridized carbons (Fsp3) is 0.571. The Morgan fingerprint density at radius 2 is 2.10 bits per heavy atom. The van der Waals surface area contributed by atoms with Gasteiger partial charge >= 0.3 is 5.97 Å². The van der Waals surface area contributed by atoms with Crippen molar-refractivity contribution >= 4 is 23.0 Å². The third-order valence-electron chi connectivity index (χ3n) is 4.29. The van der Waals surface area contributed by atoms with Crippen LogP contribution in [0.1, 0.15) is 38.5 Å². The first kappa shape index (κ1) is 13.8. The number of aromatic amines is 1. The van der Waals surface area contributed by atoms with Crippen molar-refractivity contribution in [3.8, 4) is 0 Å². The molecular formula is C14H19N5O2. The molecule has 7 heteroatoms. The summed E-state index contributed by atoms with van der Waals surface area (Å²) in [7, 11) is 0. The van der Waals surface area contributed by atoms with Crippen molar-refractivity contribution in [1.29, 1.82) is 0 Å². The van der Waals surface area contributed by atoms with Gasteiger partial charge < -0.3 is 15.4 Å². The lowest BCUT2D eigenvalue weighted by Gasteiger charge is -2.36. The molecule has 1 saturated carbocycles. The molecule has 0 radical (unpaired) electrons. The Balaban J connectivity index is 1.77. The molecule has 0 saturated heterocycles. The Morgan fingerprint density at radius 3 is 2.86 bits per heavy atom. The number of aromatic nitrogens is 4. The van der Waals surface area contributed by atoms with Crippen molar-refractivity contribution in [2.45, 2.75) is 38.5 Å². The molecular weight excluding hydrogens is 270 g/mol. The highest BCUT2D eigenvalue weighted by Crippen LogP contribution is 2.39. The van der Waals surface area contributed by atoms with Gasteiger partial charge in [-0.05, 0) is 18.3 Å². The summed E-state index contributed by atoms with van der Waals surface area (Å²) < 4.78 is 0. The van der Waals surface area contributed by atoms with E-state index in [-0.39, 0.29) is 11.8 Å². The van der Waals surface area contributed by atoms with Crippen molar-refractivity contribution in [2.24, 2.45) is 5.41 Å². The summed E-state index contributed by atoms with van der Waals surface area (Å²) in [5.74, 6) is -0.0408. The second-order valence-corrected chi connectivity index (χ2v) is 5.81. The number of carboxylic acid groups (broad SMARTS) is 1. The maximum Gasteiger partial charge on any atom is 0.303 e. The van der Waals surface area contributed by atoms with E-state index < -0.39 is 5.97 Å². The Hall–Kier alpha value is -2.18. The maximum atomic E-state index is 11.2. The van der Waals surface area contributed by atoms with Crippen LogP contribution < -0.4 is 5.32 Å². The fourth-order valence-corrected chi connectivity index (χ4v) is 3.21. The number of hydrogen-bond donors (Lipinski definition) is 3. The number of carboxylic acids is 1. The van der Waals surface area contributed by atoms with E-state index in [9.17, 15) is 9.90 Å². The summed E-state index contributed by atoms with van der Waals surface area (Å²) >= 11 is 0. The molecule has 0 amide bonds. The van der Waals surface area contributed by atoms with E-state index in [2.05, 4.69) is 25.3 Å². The van der Waals surface area contributed by atoms with Crippen LogP contribution in [0.25, 0.3) is 11.2 Å². The van der Waals surface area contributed by atoms with E-state index in [1.165, 1.54) is 12.7 Å². The van der Waals surface area contributed by atoms with Crippen LogP contribution in [0, 0.1) is 5.41 Å². The number of nitrogens with zero attached hydrogens (tertiary/aromatic N) is 3. The quantitative estimate of drug-likeness (QED) is 0.779. The van der Waals surface area contributed by atoms with Gasteiger partial charge in [-0.3, -0.25) is 4.79 Å². The van der Waals surface area contributed by atoms with E-state index in [1.54, 1.807) is 6.33 Å². The van der Waals surface area contributed by atoms with Crippen LogP contribution in [0.4, 0.5) is 5.82 Å². The highest BCUT2D eigenvalue weighted by molar-refractivity contribution is 5.81. The zero-order valence-corrected chi connectivity index (χ0v) is 11.8. The first-order valence-corrected chi connectivity index (χ1v) is 7.28. The van der Waals surface area contributed by atoms with E-state index >= 15 is 0 Å². The van der Waals surface area contributed by atoms with Crippen LogP contribution in [0.5, 0.6) is 0 Å². The van der Waals surface area contributed by atoms with Crippen molar-refractivity contribution in [1.82, 2.24) is 19.9 Å². The van der Waals surface area contributed by atoms with Gasteiger partial charge in [0.1, 0.15) is 11.8 Å². The Bertz CT molecular complexity index is 633. The lowest BCUT2D eigenvalue weighted by Crippen LogP contribution is -2.34. The van der Waals surface area contributed by atoms with Crippen LogP contribution in [0.15, 0.2) is 12.7 Å². The minimum Gasteiger partial charge on any atom is -0.481 e. The monoisotopic (exact) mass is 289 g/mol. The van der Waals surface area contributed by atoms with Crippen molar-refractivity contribution in [2.75, 3.05) is 11.9 Å². The summed E-state index contributed by atoms with van der Waals surface area (Å²) in [6, 6.07) is 0. The Kier molecular flexibility index (Phi) is 3.72. The minimum atomic E-state index is -0.729. The Morgan fingerprint density at radius 1 is 1.29 bits per heavy atom. The number of imidazole rings is 1. The highest BCUT2D eigenvalue weighted by atomic mass is 16.4. The number of rotatable bonds is 5. The standard InChI is InChI=1S/C14H19N5O2/c20-10(21)6-14(4-2-1-3-5-14)7-15-12-11-13(17-8-16-11)19-9-18-12/h8-9H,1-7H2,(H,20,21)(H2,15,16,17,18,19). The van der Waals surface area contributed by atoms with Gasteiger partial charge in [-0.1, -0.05) is 19.3 Å². The van der Waals surface area contributed by atoms with Crippen LogP contribution in [-0.2, 0) is 4.79 Å². The molecule has 21 heavy (non-hydrogen) atoms. The van der Waals surface area contributed by atoms with Crippen LogP contribution in [0.2, 0.25) is 0 Å². The number of aliphatic carboxylic acids is 1. The first-order valence-electron chi connectivity index (χ1n) is 7.28. The summed E-state index contributed by atoms with van der Waals surface area (Å²) in [5.41, 5.74) is 1.20. The first-order chi connectivity index (χ1) is 10.2. The number of H-pyrrole nitrogens is 1. The van der Waals surface area contributed by atoms with Crippen LogP contribution in [-0.4, -0.2) is 37.6 Å². The fourth-order valence-electron chi connectivity index (χ4n) is 3.21. The van der Waals surface area contributed by atoms with Crippen LogP contribution >= 0.6 is 0 Å². The molecule has 1 aliphatic rings. The molecule has 1 fully saturated rings. The number of hydrogen-bond acceptors (Lipinski definition) is 5. The number of fused-ring (bicyclic) bond motifs is 1. The molecule has 2 aromatic heterocycles. The maximum absolute atomic E-state index is 11.2. The van der Waals surface area contributed by atoms with Gasteiger partial charge in [-0.2, -0.15) is 0 Å². The second kappa shape index (κ2) is 5.67. The normalized spacial score (nSPS) is 17.7. The van der Waals surface area contributed by atoms with E-state index in [0.717, 1.165) is 31.2 Å². The summed E-state index contributed by atoms with van der Waals surface area (Å²) in [6.07, 6.45) is 8.54. The van der Waals surface area contributed by atoms with Crippen molar-refractivity contribution < 1.29 is 9.90 Å².